The first kappa shape index (κ1) is 17.3. The van der Waals surface area contributed by atoms with Crippen LogP contribution >= 0.6 is 0 Å². The normalized spacial score (nSPS) is 18.1. The van der Waals surface area contributed by atoms with E-state index >= 15 is 0 Å². The van der Waals surface area contributed by atoms with Gasteiger partial charge in [-0.05, 0) is 42.9 Å². The zero-order valence-electron chi connectivity index (χ0n) is 14.1. The van der Waals surface area contributed by atoms with Gasteiger partial charge in [0.25, 0.3) is 0 Å². The van der Waals surface area contributed by atoms with Crippen LogP contribution in [0.1, 0.15) is 50.4 Å². The first-order chi connectivity index (χ1) is 10.9. The fraction of sp³-hybridized carbons (Fsp3) is 0.556. The molecular formula is C18H26N2O3. The minimum Gasteiger partial charge on any atom is -0.478 e. The summed E-state index contributed by atoms with van der Waals surface area (Å²) >= 11 is 0. The van der Waals surface area contributed by atoms with Crippen LogP contribution < -0.4 is 10.2 Å². The van der Waals surface area contributed by atoms with E-state index in [0.29, 0.717) is 18.0 Å². The zero-order chi connectivity index (χ0) is 17.0. The first-order valence-electron chi connectivity index (χ1n) is 8.29. The van der Waals surface area contributed by atoms with Crippen molar-refractivity contribution in [3.63, 3.8) is 0 Å². The molecule has 0 saturated carbocycles. The molecule has 23 heavy (non-hydrogen) atoms. The van der Waals surface area contributed by atoms with E-state index in [1.54, 1.807) is 12.1 Å². The predicted molar refractivity (Wildman–Crippen MR) is 92.1 cm³/mol. The number of nitrogens with zero attached hydrogens (tertiary/aromatic N) is 1. The van der Waals surface area contributed by atoms with E-state index in [4.69, 9.17) is 0 Å². The molecule has 2 N–H and O–H groups in total. The van der Waals surface area contributed by atoms with Gasteiger partial charge in [0, 0.05) is 25.2 Å². The number of anilines is 2. The van der Waals surface area contributed by atoms with Crippen molar-refractivity contribution in [2.75, 3.05) is 23.3 Å². The molecule has 0 bridgehead atoms. The van der Waals surface area contributed by atoms with Crippen molar-refractivity contribution in [1.82, 2.24) is 0 Å². The Morgan fingerprint density at radius 1 is 1.39 bits per heavy atom. The van der Waals surface area contributed by atoms with Crippen LogP contribution in [0.15, 0.2) is 18.2 Å². The SMILES string of the molecule is CC(C)CC(=O)Nc1ccc(N2CCC[C@H](C)C2)cc1C(=O)O. The molecule has 0 radical (unpaired) electrons. The van der Waals surface area contributed by atoms with Crippen LogP contribution in [-0.4, -0.2) is 30.1 Å². The Hall–Kier alpha value is -2.04. The van der Waals surface area contributed by atoms with Crippen molar-refractivity contribution in [3.05, 3.63) is 23.8 Å². The van der Waals surface area contributed by atoms with Crippen molar-refractivity contribution < 1.29 is 14.7 Å². The summed E-state index contributed by atoms with van der Waals surface area (Å²) in [6, 6.07) is 5.27. The van der Waals surface area contributed by atoms with E-state index in [9.17, 15) is 14.7 Å². The summed E-state index contributed by atoms with van der Waals surface area (Å²) < 4.78 is 0. The number of hydrogen-bond donors (Lipinski definition) is 2. The number of carbonyl (C=O) groups is 2. The molecule has 0 unspecified atom stereocenters. The minimum atomic E-state index is -1.02. The summed E-state index contributed by atoms with van der Waals surface area (Å²) in [5.41, 5.74) is 1.44. The van der Waals surface area contributed by atoms with E-state index in [2.05, 4.69) is 17.1 Å². The summed E-state index contributed by atoms with van der Waals surface area (Å²) in [5, 5.41) is 12.2. The molecule has 1 aliphatic rings. The molecule has 1 amide bonds. The van der Waals surface area contributed by atoms with Crippen molar-refractivity contribution >= 4 is 23.3 Å². The molecule has 1 aromatic carbocycles. The Kier molecular flexibility index (Phi) is 5.64. The lowest BCUT2D eigenvalue weighted by Crippen LogP contribution is -2.34. The van der Waals surface area contributed by atoms with Gasteiger partial charge in [-0.3, -0.25) is 4.79 Å². The Labute approximate surface area is 137 Å². The van der Waals surface area contributed by atoms with Gasteiger partial charge < -0.3 is 15.3 Å². The molecule has 0 aliphatic carbocycles. The van der Waals surface area contributed by atoms with Crippen LogP contribution in [0.4, 0.5) is 11.4 Å². The number of amides is 1. The maximum atomic E-state index is 11.9. The van der Waals surface area contributed by atoms with Gasteiger partial charge in [-0.2, -0.15) is 0 Å². The standard InChI is InChI=1S/C18H26N2O3/c1-12(2)9-17(21)19-16-7-6-14(10-15(16)18(22)23)20-8-4-5-13(3)11-20/h6-7,10,12-13H,4-5,8-9,11H2,1-3H3,(H,19,21)(H,22,23)/t13-/m0/s1. The fourth-order valence-corrected chi connectivity index (χ4v) is 3.01. The molecule has 0 aromatic heterocycles. The van der Waals surface area contributed by atoms with Crippen molar-refractivity contribution in [1.29, 1.82) is 0 Å². The van der Waals surface area contributed by atoms with Gasteiger partial charge in [0.15, 0.2) is 0 Å². The first-order valence-corrected chi connectivity index (χ1v) is 8.29. The number of piperidine rings is 1. The topological polar surface area (TPSA) is 69.6 Å². The molecule has 1 aliphatic heterocycles. The van der Waals surface area contributed by atoms with Crippen LogP contribution in [0.3, 0.4) is 0 Å². The second-order valence-electron chi connectivity index (χ2n) is 6.87. The highest BCUT2D eigenvalue weighted by atomic mass is 16.4. The van der Waals surface area contributed by atoms with Crippen LogP contribution in [0.5, 0.6) is 0 Å². The molecule has 126 valence electrons. The molecular weight excluding hydrogens is 292 g/mol. The largest absolute Gasteiger partial charge is 0.478 e. The quantitative estimate of drug-likeness (QED) is 0.870. The molecule has 5 heteroatoms. The summed E-state index contributed by atoms with van der Waals surface area (Å²) in [4.78, 5) is 25.7. The lowest BCUT2D eigenvalue weighted by atomic mass is 9.99. The number of hydrogen-bond acceptors (Lipinski definition) is 3. The maximum absolute atomic E-state index is 11.9. The van der Waals surface area contributed by atoms with Gasteiger partial charge in [0.1, 0.15) is 0 Å². The van der Waals surface area contributed by atoms with E-state index in [-0.39, 0.29) is 17.4 Å². The Morgan fingerprint density at radius 3 is 2.74 bits per heavy atom. The van der Waals surface area contributed by atoms with Crippen LogP contribution in [0.25, 0.3) is 0 Å². The molecule has 1 heterocycles. The number of benzene rings is 1. The second kappa shape index (κ2) is 7.49. The van der Waals surface area contributed by atoms with Gasteiger partial charge in [0.2, 0.25) is 5.91 Å². The van der Waals surface area contributed by atoms with Gasteiger partial charge in [-0.25, -0.2) is 4.79 Å². The van der Waals surface area contributed by atoms with Gasteiger partial charge >= 0.3 is 5.97 Å². The van der Waals surface area contributed by atoms with Gasteiger partial charge in [-0.1, -0.05) is 20.8 Å². The number of aromatic carboxylic acids is 1. The van der Waals surface area contributed by atoms with E-state index in [1.807, 2.05) is 19.9 Å². The maximum Gasteiger partial charge on any atom is 0.337 e. The second-order valence-corrected chi connectivity index (χ2v) is 6.87. The number of carbonyl (C=O) groups excluding carboxylic acids is 1. The predicted octanol–water partition coefficient (Wildman–Crippen LogP) is 3.61. The third-order valence-electron chi connectivity index (χ3n) is 4.12. The summed E-state index contributed by atoms with van der Waals surface area (Å²) in [7, 11) is 0. The third kappa shape index (κ3) is 4.71. The Morgan fingerprint density at radius 2 is 2.13 bits per heavy atom. The molecule has 5 nitrogen and oxygen atoms in total. The van der Waals surface area contributed by atoms with Gasteiger partial charge in [-0.15, -0.1) is 0 Å². The van der Waals surface area contributed by atoms with Crippen LogP contribution in [0.2, 0.25) is 0 Å². The Bertz CT molecular complexity index is 584. The third-order valence-corrected chi connectivity index (χ3v) is 4.12. The smallest absolute Gasteiger partial charge is 0.337 e. The Balaban J connectivity index is 2.21. The lowest BCUT2D eigenvalue weighted by Gasteiger charge is -2.33. The van der Waals surface area contributed by atoms with E-state index < -0.39 is 5.97 Å². The molecule has 1 atom stereocenters. The average Bonchev–Trinajstić information content (AvgIpc) is 2.46. The average molecular weight is 318 g/mol. The van der Waals surface area contributed by atoms with Gasteiger partial charge in [0.05, 0.1) is 11.3 Å². The highest BCUT2D eigenvalue weighted by Crippen LogP contribution is 2.27. The minimum absolute atomic E-state index is 0.151. The van der Waals surface area contributed by atoms with Crippen molar-refractivity contribution in [3.8, 4) is 0 Å². The van der Waals surface area contributed by atoms with Crippen molar-refractivity contribution in [2.24, 2.45) is 11.8 Å². The number of nitrogens with one attached hydrogen (secondary N) is 1. The van der Waals surface area contributed by atoms with E-state index in [0.717, 1.165) is 25.2 Å². The number of carboxylic acid groups (broad SMARTS) is 1. The highest BCUT2D eigenvalue weighted by molar-refractivity contribution is 6.01. The molecule has 2 rings (SSSR count). The summed E-state index contributed by atoms with van der Waals surface area (Å²) in [5.74, 6) is -0.321. The van der Waals surface area contributed by atoms with Crippen LogP contribution in [-0.2, 0) is 4.79 Å². The summed E-state index contributed by atoms with van der Waals surface area (Å²) in [6.45, 7) is 8.02. The lowest BCUT2D eigenvalue weighted by molar-refractivity contribution is -0.116. The number of carboxylic acids is 1. The number of rotatable bonds is 5. The molecule has 1 fully saturated rings. The van der Waals surface area contributed by atoms with Crippen LogP contribution in [0, 0.1) is 11.8 Å². The molecule has 1 aromatic rings. The zero-order valence-corrected chi connectivity index (χ0v) is 14.1. The summed E-state index contributed by atoms with van der Waals surface area (Å²) in [6.07, 6.45) is 2.71. The molecule has 1 saturated heterocycles. The molecule has 0 spiro atoms. The highest BCUT2D eigenvalue weighted by Gasteiger charge is 2.20. The monoisotopic (exact) mass is 318 g/mol. The van der Waals surface area contributed by atoms with Crippen molar-refractivity contribution in [2.45, 2.75) is 40.0 Å². The fourth-order valence-electron chi connectivity index (χ4n) is 3.01. The van der Waals surface area contributed by atoms with E-state index in [1.165, 1.54) is 6.42 Å².